The van der Waals surface area contributed by atoms with E-state index in [1.807, 2.05) is 44.2 Å². The van der Waals surface area contributed by atoms with E-state index in [0.717, 1.165) is 10.9 Å². The van der Waals surface area contributed by atoms with Crippen molar-refractivity contribution in [3.63, 3.8) is 0 Å². The minimum absolute atomic E-state index is 0.139. The van der Waals surface area contributed by atoms with Crippen LogP contribution in [-0.2, 0) is 11.3 Å². The molecule has 0 saturated carbocycles. The van der Waals surface area contributed by atoms with Gasteiger partial charge in [-0.15, -0.1) is 0 Å². The van der Waals surface area contributed by atoms with Gasteiger partial charge < -0.3 is 14.8 Å². The van der Waals surface area contributed by atoms with Gasteiger partial charge in [-0.1, -0.05) is 24.3 Å². The Kier molecular flexibility index (Phi) is 4.27. The number of carbonyl (C=O) groups is 1. The number of aromatic nitrogens is 2. The summed E-state index contributed by atoms with van der Waals surface area (Å²) >= 11 is 0. The van der Waals surface area contributed by atoms with Gasteiger partial charge >= 0.3 is 0 Å². The number of nitrogens with zero attached hydrogens (tertiary/aromatic N) is 2. The number of rotatable bonds is 4. The highest BCUT2D eigenvalue weighted by Crippen LogP contribution is 2.34. The number of hydrogen-bond donors (Lipinski definition) is 1. The number of aryl methyl sites for hydroxylation is 1. The molecule has 0 aliphatic carbocycles. The molecule has 0 bridgehead atoms. The van der Waals surface area contributed by atoms with E-state index in [1.54, 1.807) is 12.1 Å². The van der Waals surface area contributed by atoms with Crippen LogP contribution in [0.15, 0.2) is 47.3 Å². The van der Waals surface area contributed by atoms with Gasteiger partial charge in [0.1, 0.15) is 6.54 Å². The monoisotopic (exact) mass is 365 g/mol. The van der Waals surface area contributed by atoms with Crippen LogP contribution >= 0.6 is 0 Å². The number of benzene rings is 2. The summed E-state index contributed by atoms with van der Waals surface area (Å²) in [6, 6.07) is 12.6. The van der Waals surface area contributed by atoms with E-state index in [-0.39, 0.29) is 30.8 Å². The van der Waals surface area contributed by atoms with Crippen molar-refractivity contribution in [3.8, 4) is 11.5 Å². The number of fused-ring (bicyclic) bond motifs is 2. The molecule has 7 heteroatoms. The van der Waals surface area contributed by atoms with Crippen LogP contribution < -0.4 is 20.3 Å². The molecule has 4 rings (SSSR count). The van der Waals surface area contributed by atoms with Crippen molar-refractivity contribution in [2.24, 2.45) is 0 Å². The number of ether oxygens (including phenoxy) is 2. The van der Waals surface area contributed by atoms with Gasteiger partial charge in [-0.2, -0.15) is 5.10 Å². The van der Waals surface area contributed by atoms with E-state index in [4.69, 9.17) is 9.47 Å². The number of hydrogen-bond acceptors (Lipinski definition) is 5. The highest BCUT2D eigenvalue weighted by molar-refractivity contribution is 5.83. The van der Waals surface area contributed by atoms with Crippen molar-refractivity contribution in [2.75, 3.05) is 6.79 Å². The first-order chi connectivity index (χ1) is 13.0. The Morgan fingerprint density at radius 2 is 1.93 bits per heavy atom. The molecule has 0 saturated heterocycles. The summed E-state index contributed by atoms with van der Waals surface area (Å²) in [4.78, 5) is 25.1. The zero-order valence-electron chi connectivity index (χ0n) is 15.1. The van der Waals surface area contributed by atoms with Gasteiger partial charge in [-0.3, -0.25) is 9.59 Å². The first kappa shape index (κ1) is 17.1. The Labute approximate surface area is 155 Å². The van der Waals surface area contributed by atoms with Crippen molar-refractivity contribution < 1.29 is 14.3 Å². The molecule has 3 aromatic rings. The van der Waals surface area contributed by atoms with E-state index < -0.39 is 0 Å². The molecule has 1 amide bonds. The Morgan fingerprint density at radius 1 is 1.19 bits per heavy atom. The van der Waals surface area contributed by atoms with Crippen LogP contribution in [0.25, 0.3) is 10.8 Å². The van der Waals surface area contributed by atoms with Crippen molar-refractivity contribution in [1.82, 2.24) is 15.1 Å². The zero-order valence-corrected chi connectivity index (χ0v) is 15.1. The van der Waals surface area contributed by atoms with Gasteiger partial charge in [0.05, 0.1) is 17.1 Å². The maximum Gasteiger partial charge on any atom is 0.275 e. The largest absolute Gasteiger partial charge is 0.454 e. The smallest absolute Gasteiger partial charge is 0.275 e. The second-order valence-corrected chi connectivity index (χ2v) is 6.50. The predicted octanol–water partition coefficient (Wildman–Crippen LogP) is 2.31. The second kappa shape index (κ2) is 6.75. The quantitative estimate of drug-likeness (QED) is 0.767. The fourth-order valence-electron chi connectivity index (χ4n) is 3.20. The zero-order chi connectivity index (χ0) is 19.0. The Morgan fingerprint density at radius 3 is 2.74 bits per heavy atom. The van der Waals surface area contributed by atoms with Crippen molar-refractivity contribution in [2.45, 2.75) is 26.4 Å². The summed E-state index contributed by atoms with van der Waals surface area (Å²) in [5.41, 5.74) is 1.33. The van der Waals surface area contributed by atoms with Gasteiger partial charge in [0, 0.05) is 5.39 Å². The minimum atomic E-state index is -0.288. The molecule has 7 nitrogen and oxygen atoms in total. The van der Waals surface area contributed by atoms with Gasteiger partial charge in [-0.25, -0.2) is 4.68 Å². The van der Waals surface area contributed by atoms with Crippen LogP contribution in [0.5, 0.6) is 11.5 Å². The van der Waals surface area contributed by atoms with Crippen LogP contribution in [0.1, 0.15) is 24.2 Å². The van der Waals surface area contributed by atoms with Crippen molar-refractivity contribution in [3.05, 3.63) is 64.1 Å². The summed E-state index contributed by atoms with van der Waals surface area (Å²) in [5, 5.41) is 8.53. The average Bonchev–Trinajstić information content (AvgIpc) is 3.13. The summed E-state index contributed by atoms with van der Waals surface area (Å²) in [6.45, 7) is 3.76. The fraction of sp³-hybridized carbons (Fsp3) is 0.250. The molecule has 0 fully saturated rings. The molecular formula is C20H19N3O4. The molecule has 1 atom stereocenters. The lowest BCUT2D eigenvalue weighted by Gasteiger charge is -2.15. The SMILES string of the molecule is Cc1nn(CC(=O)NC(C)c2ccc3c(c2)OCO3)c(=O)c2ccccc12. The fourth-order valence-corrected chi connectivity index (χ4v) is 3.20. The van der Waals surface area contributed by atoms with Gasteiger partial charge in [0.25, 0.3) is 5.56 Å². The van der Waals surface area contributed by atoms with Crippen LogP contribution in [0.2, 0.25) is 0 Å². The topological polar surface area (TPSA) is 82.5 Å². The van der Waals surface area contributed by atoms with Gasteiger partial charge in [0.15, 0.2) is 11.5 Å². The third-order valence-corrected chi connectivity index (χ3v) is 4.62. The minimum Gasteiger partial charge on any atom is -0.454 e. The average molecular weight is 365 g/mol. The maximum atomic E-state index is 12.6. The molecular weight excluding hydrogens is 346 g/mol. The number of amides is 1. The first-order valence-corrected chi connectivity index (χ1v) is 8.68. The Bertz CT molecular complexity index is 1090. The maximum absolute atomic E-state index is 12.6. The normalized spacial score (nSPS) is 13.6. The van der Waals surface area contributed by atoms with Crippen LogP contribution in [0.4, 0.5) is 0 Å². The standard InChI is InChI=1S/C20H19N3O4/c1-12(14-7-8-17-18(9-14)27-11-26-17)21-19(24)10-23-20(25)16-6-4-3-5-15(16)13(2)22-23/h3-9,12H,10-11H2,1-2H3,(H,21,24). The lowest BCUT2D eigenvalue weighted by Crippen LogP contribution is -2.35. The van der Waals surface area contributed by atoms with E-state index in [9.17, 15) is 9.59 Å². The van der Waals surface area contributed by atoms with Crippen LogP contribution in [0, 0.1) is 6.92 Å². The Hall–Kier alpha value is -3.35. The Balaban J connectivity index is 1.52. The van der Waals surface area contributed by atoms with E-state index in [2.05, 4.69) is 10.4 Å². The van der Waals surface area contributed by atoms with E-state index in [0.29, 0.717) is 22.6 Å². The lowest BCUT2D eigenvalue weighted by molar-refractivity contribution is -0.122. The summed E-state index contributed by atoms with van der Waals surface area (Å²) in [6.07, 6.45) is 0. The molecule has 0 spiro atoms. The molecule has 0 radical (unpaired) electrons. The third-order valence-electron chi connectivity index (χ3n) is 4.62. The highest BCUT2D eigenvalue weighted by Gasteiger charge is 2.18. The van der Waals surface area contributed by atoms with E-state index >= 15 is 0 Å². The van der Waals surface area contributed by atoms with Gasteiger partial charge in [-0.05, 0) is 37.6 Å². The number of nitrogens with one attached hydrogen (secondary N) is 1. The number of carbonyl (C=O) groups excluding carboxylic acids is 1. The summed E-state index contributed by atoms with van der Waals surface area (Å²) < 4.78 is 11.9. The molecule has 2 heterocycles. The third kappa shape index (κ3) is 3.23. The van der Waals surface area contributed by atoms with Crippen molar-refractivity contribution in [1.29, 1.82) is 0 Å². The molecule has 138 valence electrons. The van der Waals surface area contributed by atoms with Crippen LogP contribution in [0.3, 0.4) is 0 Å². The molecule has 1 unspecified atom stereocenters. The van der Waals surface area contributed by atoms with Crippen LogP contribution in [-0.4, -0.2) is 22.5 Å². The lowest BCUT2D eigenvalue weighted by atomic mass is 10.1. The molecule has 1 aromatic heterocycles. The molecule has 1 aliphatic rings. The molecule has 1 aliphatic heterocycles. The molecule has 2 aromatic carbocycles. The molecule has 27 heavy (non-hydrogen) atoms. The van der Waals surface area contributed by atoms with Gasteiger partial charge in [0.2, 0.25) is 12.7 Å². The van der Waals surface area contributed by atoms with Crippen molar-refractivity contribution >= 4 is 16.7 Å². The first-order valence-electron chi connectivity index (χ1n) is 8.68. The summed E-state index contributed by atoms with van der Waals surface area (Å²) in [7, 11) is 0. The second-order valence-electron chi connectivity index (χ2n) is 6.50. The highest BCUT2D eigenvalue weighted by atomic mass is 16.7. The van der Waals surface area contributed by atoms with E-state index in [1.165, 1.54) is 4.68 Å². The summed E-state index contributed by atoms with van der Waals surface area (Å²) in [5.74, 6) is 1.07. The molecule has 1 N–H and O–H groups in total. The predicted molar refractivity (Wildman–Crippen MR) is 99.9 cm³/mol.